The van der Waals surface area contributed by atoms with Crippen LogP contribution < -0.4 is 5.73 Å². The van der Waals surface area contributed by atoms with Crippen LogP contribution in [0.4, 0.5) is 9.18 Å². The van der Waals surface area contributed by atoms with Crippen molar-refractivity contribution in [1.82, 2.24) is 0 Å². The minimum atomic E-state index is -1.73. The summed E-state index contributed by atoms with van der Waals surface area (Å²) in [5.74, 6) is -2.42. The van der Waals surface area contributed by atoms with Crippen molar-refractivity contribution in [3.63, 3.8) is 0 Å². The largest absolute Gasteiger partial charge is 0.479 e. The lowest BCUT2D eigenvalue weighted by atomic mass is 9.47. The van der Waals surface area contributed by atoms with E-state index in [9.17, 15) is 33.8 Å². The number of aryl methyl sites for hydroxylation is 1. The third-order valence-electron chi connectivity index (χ3n) is 12.2. The van der Waals surface area contributed by atoms with Gasteiger partial charge < -0.3 is 50.2 Å². The Morgan fingerprint density at radius 1 is 0.896 bits per heavy atom. The maximum absolute atomic E-state index is 14.1. The van der Waals surface area contributed by atoms with E-state index in [4.69, 9.17) is 34.3 Å². The number of halogens is 1. The SMILES string of the molecule is CC.CC.CC.CC(F)C(=O)O.CC(O)c1ccccc1.COC(C)=O.COC1CC2OCC2C2CC3(O)C[C@H](OC(=O)CCc4ccccc4)C(C)=C(C(O)C(=O)C12C)C3(C)C.NC(=O)O. The number of rotatable bonds is 7. The molecule has 382 valence electrons. The highest BCUT2D eigenvalue weighted by Crippen LogP contribution is 2.61. The molecular weight excluding hydrogens is 870 g/mol. The molecule has 10 atom stereocenters. The van der Waals surface area contributed by atoms with E-state index in [-0.39, 0.29) is 54.6 Å². The van der Waals surface area contributed by atoms with Crippen molar-refractivity contribution in [1.29, 1.82) is 0 Å². The number of carbonyl (C=O) groups excluding carboxylic acids is 3. The number of carboxylic acids is 1. The van der Waals surface area contributed by atoms with E-state index >= 15 is 0 Å². The first-order chi connectivity index (χ1) is 31.4. The number of fused-ring (bicyclic) bond motifs is 5. The number of Topliss-reactive ketones (excluding diaryl/α,β-unsaturated/α-hetero) is 1. The van der Waals surface area contributed by atoms with Crippen LogP contribution in [0.1, 0.15) is 133 Å². The smallest absolute Gasteiger partial charge is 0.402 e. The number of hydrogen-bond donors (Lipinski definition) is 6. The number of amides is 1. The zero-order valence-electron chi connectivity index (χ0n) is 42.5. The second kappa shape index (κ2) is 31.3. The van der Waals surface area contributed by atoms with Crippen molar-refractivity contribution in [2.45, 2.75) is 164 Å². The number of ketones is 1. The zero-order chi connectivity index (χ0) is 52.5. The lowest BCUT2D eigenvalue weighted by molar-refractivity contribution is -0.247. The van der Waals surface area contributed by atoms with E-state index in [1.807, 2.05) is 130 Å². The number of esters is 2. The number of ether oxygens (including phenoxy) is 4. The maximum atomic E-state index is 14.1. The number of alkyl halides is 1. The first-order valence-corrected chi connectivity index (χ1v) is 23.1. The Kier molecular flexibility index (Phi) is 30.1. The maximum Gasteiger partial charge on any atom is 0.402 e. The number of carboxylic acid groups (broad SMARTS) is 2. The summed E-state index contributed by atoms with van der Waals surface area (Å²) < 4.78 is 32.9. The summed E-state index contributed by atoms with van der Waals surface area (Å²) in [5.41, 5.74) is 4.02. The van der Waals surface area contributed by atoms with Crippen LogP contribution in [-0.2, 0) is 44.5 Å². The number of aliphatic carboxylic acids is 1. The lowest BCUT2D eigenvalue weighted by Gasteiger charge is -2.62. The van der Waals surface area contributed by atoms with Crippen LogP contribution in [-0.4, -0.2) is 112 Å². The predicted octanol–water partition coefficient (Wildman–Crippen LogP) is 8.45. The predicted molar refractivity (Wildman–Crippen MR) is 256 cm³/mol. The van der Waals surface area contributed by atoms with Gasteiger partial charge in [-0.15, -0.1) is 0 Å². The molecule has 7 N–H and O–H groups in total. The molecule has 2 saturated carbocycles. The van der Waals surface area contributed by atoms with Gasteiger partial charge in [-0.05, 0) is 68.7 Å². The average molecular weight is 952 g/mol. The molecule has 1 heterocycles. The number of hydrogen-bond acceptors (Lipinski definition) is 12. The summed E-state index contributed by atoms with van der Waals surface area (Å²) in [5, 5.41) is 47.9. The molecule has 4 aliphatic rings. The summed E-state index contributed by atoms with van der Waals surface area (Å²) in [4.78, 5) is 54.7. The first kappa shape index (κ1) is 64.3. The molecule has 2 bridgehead atoms. The van der Waals surface area contributed by atoms with Gasteiger partial charge in [0.25, 0.3) is 0 Å². The molecule has 67 heavy (non-hydrogen) atoms. The molecule has 9 unspecified atom stereocenters. The molecule has 6 rings (SSSR count). The third-order valence-corrected chi connectivity index (χ3v) is 12.2. The molecule has 15 nitrogen and oxygen atoms in total. The van der Waals surface area contributed by atoms with E-state index < -0.39 is 53.0 Å². The molecule has 0 spiro atoms. The topological polar surface area (TPSA) is 249 Å². The zero-order valence-corrected chi connectivity index (χ0v) is 42.5. The summed E-state index contributed by atoms with van der Waals surface area (Å²) in [6.45, 7) is 24.1. The Bertz CT molecular complexity index is 1800. The van der Waals surface area contributed by atoms with Crippen molar-refractivity contribution in [3.05, 3.63) is 82.9 Å². The molecule has 1 amide bonds. The van der Waals surface area contributed by atoms with Gasteiger partial charge in [-0.3, -0.25) is 14.4 Å². The fraction of sp³-hybridized carbons (Fsp3) is 0.627. The van der Waals surface area contributed by atoms with Gasteiger partial charge in [0, 0.05) is 44.6 Å². The fourth-order valence-corrected chi connectivity index (χ4v) is 8.43. The molecule has 3 fully saturated rings. The van der Waals surface area contributed by atoms with Crippen LogP contribution >= 0.6 is 0 Å². The standard InChI is InChI=1S/C30H40O7.C8H10O.C3H5FO2.C3H6O2.3C2H6.CH3NO2/c1-17-22(37-24(31)12-11-18-9-7-6-8-10-18)15-30(34)14-20-19-16-36-21(19)13-23(35-5)29(20,4)27(33)26(32)25(17)28(30,2)3;1-7(9)8-5-3-2-4-6-8;1-2(4)3(5)6;1-3(4)5-2;3*1-2;2-1(3)4/h6-10,19-23,26,32,34H,11-16H2,1-5H3;2-7,9H,1H3;2H,1H3,(H,5,6);1-2H3;3*1-2H3;2H2,(H,3,4)/t19?,20?,21?,22-,23?,26?,29?,30?;;;;;;;/m0......./s1. The number of nitrogens with two attached hydrogens (primary N) is 1. The minimum absolute atomic E-state index is 0.0222. The molecule has 0 aromatic heterocycles. The highest BCUT2D eigenvalue weighted by Gasteiger charge is 2.67. The molecule has 0 radical (unpaired) electrons. The number of aliphatic hydroxyl groups is 3. The minimum Gasteiger partial charge on any atom is -0.479 e. The van der Waals surface area contributed by atoms with Gasteiger partial charge in [0.1, 0.15) is 12.2 Å². The Morgan fingerprint density at radius 2 is 1.36 bits per heavy atom. The van der Waals surface area contributed by atoms with Crippen LogP contribution in [0.3, 0.4) is 0 Å². The van der Waals surface area contributed by atoms with Crippen LogP contribution in [0.2, 0.25) is 0 Å². The third kappa shape index (κ3) is 18.4. The number of methoxy groups -OCH3 is 2. The van der Waals surface area contributed by atoms with Gasteiger partial charge in [0.05, 0.1) is 43.0 Å². The van der Waals surface area contributed by atoms with Crippen LogP contribution in [0.15, 0.2) is 71.8 Å². The number of primary amides is 1. The quantitative estimate of drug-likeness (QED) is 0.113. The van der Waals surface area contributed by atoms with Gasteiger partial charge in [-0.1, -0.05) is 116 Å². The summed E-state index contributed by atoms with van der Waals surface area (Å²) in [6, 6.07) is 19.3. The van der Waals surface area contributed by atoms with Crippen LogP contribution in [0.5, 0.6) is 0 Å². The van der Waals surface area contributed by atoms with Gasteiger partial charge in [-0.2, -0.15) is 0 Å². The van der Waals surface area contributed by atoms with E-state index in [2.05, 4.69) is 10.5 Å². The fourth-order valence-electron chi connectivity index (χ4n) is 8.43. The van der Waals surface area contributed by atoms with Crippen LogP contribution in [0, 0.1) is 22.7 Å². The Hall–Kier alpha value is -4.74. The highest BCUT2D eigenvalue weighted by molar-refractivity contribution is 5.93. The Labute approximate surface area is 398 Å². The summed E-state index contributed by atoms with van der Waals surface area (Å²) >= 11 is 0. The first-order valence-electron chi connectivity index (χ1n) is 23.1. The highest BCUT2D eigenvalue weighted by atomic mass is 19.1. The van der Waals surface area contributed by atoms with Crippen molar-refractivity contribution in [2.24, 2.45) is 28.4 Å². The van der Waals surface area contributed by atoms with Gasteiger partial charge in [-0.25, -0.2) is 14.0 Å². The summed E-state index contributed by atoms with van der Waals surface area (Å²) in [6.07, 6.45) is -4.06. The van der Waals surface area contributed by atoms with Gasteiger partial charge in [0.2, 0.25) is 0 Å². The Balaban J connectivity index is 0. The molecule has 3 aliphatic carbocycles. The van der Waals surface area contributed by atoms with E-state index in [0.29, 0.717) is 37.0 Å². The second-order valence-corrected chi connectivity index (χ2v) is 16.4. The monoisotopic (exact) mass is 952 g/mol. The van der Waals surface area contributed by atoms with Gasteiger partial charge >= 0.3 is 24.0 Å². The second-order valence-electron chi connectivity index (χ2n) is 16.4. The molecule has 2 aromatic carbocycles. The lowest BCUT2D eigenvalue weighted by Crippen LogP contribution is -2.69. The van der Waals surface area contributed by atoms with E-state index in [1.54, 1.807) is 14.0 Å². The molecular formula is C51H82FNO14. The normalized spacial score (nSPS) is 26.5. The summed E-state index contributed by atoms with van der Waals surface area (Å²) in [7, 11) is 2.95. The van der Waals surface area contributed by atoms with E-state index in [0.717, 1.165) is 18.1 Å². The van der Waals surface area contributed by atoms with Crippen molar-refractivity contribution in [2.75, 3.05) is 20.8 Å². The Morgan fingerprint density at radius 3 is 1.73 bits per heavy atom. The number of benzene rings is 2. The molecule has 1 saturated heterocycles. The van der Waals surface area contributed by atoms with Crippen molar-refractivity contribution >= 4 is 29.8 Å². The van der Waals surface area contributed by atoms with E-state index in [1.165, 1.54) is 14.0 Å². The average Bonchev–Trinajstić information content (AvgIpc) is 3.29. The van der Waals surface area contributed by atoms with Crippen molar-refractivity contribution in [3.8, 4) is 0 Å². The van der Waals surface area contributed by atoms with Crippen LogP contribution in [0.25, 0.3) is 0 Å². The molecule has 2 aromatic rings. The molecule has 16 heteroatoms. The number of aliphatic hydroxyl groups excluding tert-OH is 2. The van der Waals surface area contributed by atoms with Gasteiger partial charge in [0.15, 0.2) is 12.0 Å². The number of carbonyl (C=O) groups is 5. The molecule has 1 aliphatic heterocycles. The van der Waals surface area contributed by atoms with Crippen molar-refractivity contribution < 1.29 is 72.8 Å².